The van der Waals surface area contributed by atoms with Crippen LogP contribution in [-0.4, -0.2) is 31.5 Å². The second kappa shape index (κ2) is 9.88. The molecule has 4 rings (SSSR count). The average Bonchev–Trinajstić information content (AvgIpc) is 2.85. The van der Waals surface area contributed by atoms with Gasteiger partial charge in [-0.3, -0.25) is 14.6 Å². The van der Waals surface area contributed by atoms with Crippen molar-refractivity contribution in [2.24, 2.45) is 5.73 Å². The van der Waals surface area contributed by atoms with Crippen LogP contribution in [0.15, 0.2) is 83.9 Å². The fourth-order valence-corrected chi connectivity index (χ4v) is 4.44. The van der Waals surface area contributed by atoms with Gasteiger partial charge in [0.1, 0.15) is 5.82 Å². The summed E-state index contributed by atoms with van der Waals surface area (Å²) in [7, 11) is -3.68. The second-order valence-corrected chi connectivity index (χ2v) is 10.3. The summed E-state index contributed by atoms with van der Waals surface area (Å²) in [6, 6.07) is 17.3. The number of carbonyl (C=O) groups is 2. The van der Waals surface area contributed by atoms with Gasteiger partial charge in [-0.2, -0.15) is 0 Å². The van der Waals surface area contributed by atoms with Gasteiger partial charge in [-0.15, -0.1) is 0 Å². The number of hydrogen-bond donors (Lipinski definition) is 2. The Morgan fingerprint density at radius 3 is 2.39 bits per heavy atom. The van der Waals surface area contributed by atoms with Gasteiger partial charge >= 0.3 is 0 Å². The molecule has 2 amide bonds. The third kappa shape index (κ3) is 5.27. The molecule has 3 aromatic carbocycles. The van der Waals surface area contributed by atoms with Crippen molar-refractivity contribution in [3.8, 4) is 22.4 Å². The summed E-state index contributed by atoms with van der Waals surface area (Å²) in [5.74, 6) is -2.20. The highest BCUT2D eigenvalue weighted by Crippen LogP contribution is 2.32. The molecular weight excluding hydrogens is 505 g/mol. The first-order valence-electron chi connectivity index (χ1n) is 10.5. The highest BCUT2D eigenvalue weighted by Gasteiger charge is 2.21. The Labute approximate surface area is 211 Å². The van der Waals surface area contributed by atoms with Crippen molar-refractivity contribution in [2.75, 3.05) is 11.6 Å². The molecule has 4 aromatic rings. The Kier molecular flexibility index (Phi) is 6.87. The Balaban J connectivity index is 1.80. The number of rotatable bonds is 6. The molecular formula is C26H19ClFN3O4S. The van der Waals surface area contributed by atoms with Crippen molar-refractivity contribution in [3.63, 3.8) is 0 Å². The standard InChI is InChI=1S/C26H19ClFN3O4S/c1-36(34,35)17-7-8-18(19(14-17)20-12-15(25(29)32)5-10-23(20)28)26(33)31-16-6-9-22(27)21(13-16)24-4-2-3-11-30-24/h2-14H,1H3,(H2,29,32)(H,31,33). The first-order valence-corrected chi connectivity index (χ1v) is 12.8. The molecule has 0 saturated heterocycles. The molecule has 0 saturated carbocycles. The van der Waals surface area contributed by atoms with Crippen molar-refractivity contribution >= 4 is 38.9 Å². The zero-order valence-corrected chi connectivity index (χ0v) is 20.4. The number of benzene rings is 3. The van der Waals surface area contributed by atoms with Crippen LogP contribution in [0, 0.1) is 5.82 Å². The number of halogens is 2. The minimum absolute atomic E-state index is 0.000205. The van der Waals surface area contributed by atoms with Crippen LogP contribution in [0.4, 0.5) is 10.1 Å². The Bertz CT molecular complexity index is 1610. The van der Waals surface area contributed by atoms with Crippen LogP contribution in [0.3, 0.4) is 0 Å². The van der Waals surface area contributed by atoms with Crippen LogP contribution in [0.5, 0.6) is 0 Å². The third-order valence-electron chi connectivity index (χ3n) is 5.37. The summed E-state index contributed by atoms with van der Waals surface area (Å²) in [6.45, 7) is 0. The van der Waals surface area contributed by atoms with Crippen LogP contribution in [0.1, 0.15) is 20.7 Å². The number of anilines is 1. The quantitative estimate of drug-likeness (QED) is 0.370. The van der Waals surface area contributed by atoms with Gasteiger partial charge in [-0.05, 0) is 72.3 Å². The second-order valence-electron chi connectivity index (χ2n) is 7.90. The summed E-state index contributed by atoms with van der Waals surface area (Å²) in [4.78, 5) is 29.1. The van der Waals surface area contributed by atoms with E-state index in [-0.39, 0.29) is 27.1 Å². The van der Waals surface area contributed by atoms with Crippen LogP contribution in [-0.2, 0) is 9.84 Å². The smallest absolute Gasteiger partial charge is 0.256 e. The van der Waals surface area contributed by atoms with Crippen LogP contribution in [0.25, 0.3) is 22.4 Å². The Hall–Kier alpha value is -4.08. The van der Waals surface area contributed by atoms with E-state index < -0.39 is 27.5 Å². The lowest BCUT2D eigenvalue weighted by Crippen LogP contribution is -2.15. The Morgan fingerprint density at radius 2 is 1.72 bits per heavy atom. The summed E-state index contributed by atoms with van der Waals surface area (Å²) >= 11 is 6.32. The van der Waals surface area contributed by atoms with Gasteiger partial charge in [-0.1, -0.05) is 17.7 Å². The maximum absolute atomic E-state index is 14.8. The number of pyridine rings is 1. The Morgan fingerprint density at radius 1 is 0.944 bits per heavy atom. The zero-order valence-electron chi connectivity index (χ0n) is 18.8. The lowest BCUT2D eigenvalue weighted by atomic mass is 9.96. The summed E-state index contributed by atoms with van der Waals surface area (Å²) in [6.07, 6.45) is 2.61. The van der Waals surface area contributed by atoms with Crippen LogP contribution < -0.4 is 11.1 Å². The van der Waals surface area contributed by atoms with Crippen molar-refractivity contribution in [2.45, 2.75) is 4.90 Å². The summed E-state index contributed by atoms with van der Waals surface area (Å²) < 4.78 is 39.2. The normalized spacial score (nSPS) is 11.2. The van der Waals surface area contributed by atoms with Crippen molar-refractivity contribution in [1.82, 2.24) is 4.98 Å². The molecule has 1 aromatic heterocycles. The zero-order chi connectivity index (χ0) is 26.0. The molecule has 0 atom stereocenters. The van der Waals surface area contributed by atoms with E-state index in [1.807, 2.05) is 0 Å². The number of primary amides is 1. The topological polar surface area (TPSA) is 119 Å². The minimum atomic E-state index is -3.68. The molecule has 0 fully saturated rings. The molecule has 36 heavy (non-hydrogen) atoms. The van der Waals surface area contributed by atoms with Crippen molar-refractivity contribution < 1.29 is 22.4 Å². The molecule has 1 heterocycles. The molecule has 0 aliphatic carbocycles. The van der Waals surface area contributed by atoms with Gasteiger partial charge in [0.25, 0.3) is 5.91 Å². The van der Waals surface area contributed by atoms with Crippen LogP contribution in [0.2, 0.25) is 5.02 Å². The molecule has 0 aliphatic rings. The highest BCUT2D eigenvalue weighted by molar-refractivity contribution is 7.90. The van der Waals surface area contributed by atoms with E-state index in [1.54, 1.807) is 42.6 Å². The maximum Gasteiger partial charge on any atom is 0.256 e. The molecule has 0 spiro atoms. The van der Waals surface area contributed by atoms with Gasteiger partial charge in [0.05, 0.1) is 15.6 Å². The first kappa shape index (κ1) is 25.0. The van der Waals surface area contributed by atoms with Crippen LogP contribution >= 0.6 is 11.6 Å². The lowest BCUT2D eigenvalue weighted by Gasteiger charge is -2.14. The summed E-state index contributed by atoms with van der Waals surface area (Å²) in [5.41, 5.74) is 6.72. The number of nitrogens with one attached hydrogen (secondary N) is 1. The molecule has 3 N–H and O–H groups in total. The molecule has 0 radical (unpaired) electrons. The van der Waals surface area contributed by atoms with Gasteiger partial charge in [-0.25, -0.2) is 12.8 Å². The molecule has 0 aliphatic heterocycles. The van der Waals surface area contributed by atoms with E-state index in [2.05, 4.69) is 10.3 Å². The lowest BCUT2D eigenvalue weighted by molar-refractivity contribution is 0.0998. The van der Waals surface area contributed by atoms with Crippen molar-refractivity contribution in [1.29, 1.82) is 0 Å². The van der Waals surface area contributed by atoms with E-state index in [4.69, 9.17) is 17.3 Å². The van der Waals surface area contributed by atoms with Gasteiger partial charge < -0.3 is 11.1 Å². The molecule has 0 bridgehead atoms. The molecule has 7 nitrogen and oxygen atoms in total. The first-order chi connectivity index (χ1) is 17.0. The van der Waals surface area contributed by atoms with Gasteiger partial charge in [0.2, 0.25) is 5.91 Å². The van der Waals surface area contributed by atoms with Gasteiger partial charge in [0.15, 0.2) is 9.84 Å². The summed E-state index contributed by atoms with van der Waals surface area (Å²) in [5, 5.41) is 3.16. The molecule has 0 unspecified atom stereocenters. The minimum Gasteiger partial charge on any atom is -0.366 e. The number of carbonyl (C=O) groups excluding carboxylic acids is 2. The number of aromatic nitrogens is 1. The maximum atomic E-state index is 14.8. The van der Waals surface area contributed by atoms with Crippen molar-refractivity contribution in [3.05, 3.63) is 101 Å². The third-order valence-corrected chi connectivity index (χ3v) is 6.81. The van der Waals surface area contributed by atoms with E-state index in [9.17, 15) is 22.4 Å². The van der Waals surface area contributed by atoms with E-state index in [1.165, 1.54) is 30.3 Å². The molecule has 10 heteroatoms. The fourth-order valence-electron chi connectivity index (χ4n) is 3.58. The number of hydrogen-bond acceptors (Lipinski definition) is 5. The number of nitrogens with two attached hydrogens (primary N) is 1. The number of sulfone groups is 1. The predicted molar refractivity (Wildman–Crippen MR) is 136 cm³/mol. The number of amides is 2. The molecule has 182 valence electrons. The monoisotopic (exact) mass is 523 g/mol. The van der Waals surface area contributed by atoms with E-state index >= 15 is 0 Å². The van der Waals surface area contributed by atoms with E-state index in [0.29, 0.717) is 22.0 Å². The SMILES string of the molecule is CS(=O)(=O)c1ccc(C(=O)Nc2ccc(Cl)c(-c3ccccn3)c2)c(-c2cc(C(N)=O)ccc2F)c1. The van der Waals surface area contributed by atoms with Gasteiger partial charge in [0, 0.05) is 40.4 Å². The fraction of sp³-hybridized carbons (Fsp3) is 0.0385. The highest BCUT2D eigenvalue weighted by atomic mass is 35.5. The predicted octanol–water partition coefficient (Wildman–Crippen LogP) is 4.96. The van der Waals surface area contributed by atoms with E-state index in [0.717, 1.165) is 12.3 Å². The number of nitrogens with zero attached hydrogens (tertiary/aromatic N) is 1. The largest absolute Gasteiger partial charge is 0.366 e. The average molecular weight is 524 g/mol.